The molecule has 0 atom stereocenters. The molecule has 2 nitrogen and oxygen atoms in total. The lowest BCUT2D eigenvalue weighted by Crippen LogP contribution is -1.96. The van der Waals surface area contributed by atoms with E-state index in [1.165, 1.54) is 12.1 Å². The Hall–Kier alpha value is -0.450. The highest BCUT2D eigenvalue weighted by Crippen LogP contribution is 2.13. The second-order valence-electron chi connectivity index (χ2n) is 1.98. The number of halogens is 2. The van der Waals surface area contributed by atoms with Crippen molar-refractivity contribution in [1.29, 1.82) is 0 Å². The first-order valence-corrected chi connectivity index (χ1v) is 4.11. The highest BCUT2D eigenvalue weighted by atomic mass is 79.9. The summed E-state index contributed by atoms with van der Waals surface area (Å²) in [7, 11) is 1.00. The lowest BCUT2D eigenvalue weighted by atomic mass is 10.2. The average Bonchev–Trinajstić information content (AvgIpc) is 2.06. The molecule has 1 aromatic rings. The number of aliphatic hydroxyl groups excluding tert-OH is 1. The summed E-state index contributed by atoms with van der Waals surface area (Å²) >= 11 is 3.16. The highest BCUT2D eigenvalue weighted by molar-refractivity contribution is 9.10. The Morgan fingerprint density at radius 3 is 2.42 bits per heavy atom. The molecular weight excluding hydrogens is 225 g/mol. The van der Waals surface area contributed by atoms with E-state index in [-0.39, 0.29) is 5.82 Å². The Bertz CT molecular complexity index is 222. The van der Waals surface area contributed by atoms with Gasteiger partial charge in [-0.15, -0.1) is 0 Å². The fourth-order valence-corrected chi connectivity index (χ4v) is 1.24. The lowest BCUT2D eigenvalue weighted by Gasteiger charge is -1.96. The summed E-state index contributed by atoms with van der Waals surface area (Å²) < 4.78 is 13.3. The summed E-state index contributed by atoms with van der Waals surface area (Å²) in [4.78, 5) is 0. The van der Waals surface area contributed by atoms with Crippen molar-refractivity contribution in [3.8, 4) is 0 Å². The van der Waals surface area contributed by atoms with Gasteiger partial charge in [0.2, 0.25) is 0 Å². The maximum atomic E-state index is 12.5. The largest absolute Gasteiger partial charge is 0.400 e. The highest BCUT2D eigenvalue weighted by Gasteiger charge is 1.95. The molecule has 1 rings (SSSR count). The minimum Gasteiger partial charge on any atom is -0.400 e. The van der Waals surface area contributed by atoms with Gasteiger partial charge in [-0.1, -0.05) is 15.9 Å². The molecule has 4 heteroatoms. The number of rotatable bonds is 1. The summed E-state index contributed by atoms with van der Waals surface area (Å²) in [5.41, 5.74) is 6.10. The Morgan fingerprint density at radius 1 is 1.42 bits per heavy atom. The average molecular weight is 236 g/mol. The van der Waals surface area contributed by atoms with Crippen molar-refractivity contribution in [1.82, 2.24) is 0 Å². The van der Waals surface area contributed by atoms with Crippen LogP contribution in [0.3, 0.4) is 0 Å². The standard InChI is InChI=1S/C7H7BrFN.CH4O/c8-6-1-5(4-10)2-7(9)3-6;1-2/h1-3H,4,10H2;2H,1H3. The molecule has 68 valence electrons. The van der Waals surface area contributed by atoms with Gasteiger partial charge in [0.05, 0.1) is 0 Å². The molecule has 0 unspecified atom stereocenters. The molecule has 0 spiro atoms. The van der Waals surface area contributed by atoms with Crippen LogP contribution < -0.4 is 5.73 Å². The minimum atomic E-state index is -0.255. The fourth-order valence-electron chi connectivity index (χ4n) is 0.729. The molecule has 0 heterocycles. The summed E-state index contributed by atoms with van der Waals surface area (Å²) in [6.45, 7) is 0.371. The van der Waals surface area contributed by atoms with E-state index in [0.29, 0.717) is 6.54 Å². The van der Waals surface area contributed by atoms with Gasteiger partial charge >= 0.3 is 0 Å². The zero-order chi connectivity index (χ0) is 9.56. The monoisotopic (exact) mass is 235 g/mol. The van der Waals surface area contributed by atoms with E-state index in [9.17, 15) is 4.39 Å². The van der Waals surface area contributed by atoms with Gasteiger partial charge in [0.1, 0.15) is 5.82 Å². The fraction of sp³-hybridized carbons (Fsp3) is 0.250. The molecule has 0 aliphatic rings. The van der Waals surface area contributed by atoms with E-state index < -0.39 is 0 Å². The Labute approximate surface area is 79.3 Å². The van der Waals surface area contributed by atoms with E-state index in [0.717, 1.165) is 17.1 Å². The van der Waals surface area contributed by atoms with Crippen LogP contribution in [-0.2, 0) is 6.54 Å². The molecule has 0 fully saturated rings. The van der Waals surface area contributed by atoms with Gasteiger partial charge in [-0.3, -0.25) is 0 Å². The SMILES string of the molecule is CO.NCc1cc(F)cc(Br)c1. The molecule has 0 saturated carbocycles. The van der Waals surface area contributed by atoms with Crippen LogP contribution in [0.5, 0.6) is 0 Å². The van der Waals surface area contributed by atoms with Gasteiger partial charge in [-0.05, 0) is 23.8 Å². The summed E-state index contributed by atoms with van der Waals surface area (Å²) in [6.07, 6.45) is 0. The van der Waals surface area contributed by atoms with Gasteiger partial charge < -0.3 is 10.8 Å². The summed E-state index contributed by atoms with van der Waals surface area (Å²) in [5, 5.41) is 7.00. The van der Waals surface area contributed by atoms with Crippen LogP contribution in [0.25, 0.3) is 0 Å². The van der Waals surface area contributed by atoms with Gasteiger partial charge in [-0.25, -0.2) is 4.39 Å². The molecule has 12 heavy (non-hydrogen) atoms. The Balaban J connectivity index is 0.000000561. The molecule has 0 aromatic heterocycles. The molecular formula is C8H11BrFNO. The van der Waals surface area contributed by atoms with Crippen LogP contribution in [0.2, 0.25) is 0 Å². The summed E-state index contributed by atoms with van der Waals surface area (Å²) in [5.74, 6) is -0.255. The number of nitrogens with two attached hydrogens (primary N) is 1. The van der Waals surface area contributed by atoms with Gasteiger partial charge in [0, 0.05) is 18.1 Å². The first-order valence-electron chi connectivity index (χ1n) is 3.32. The summed E-state index contributed by atoms with van der Waals surface area (Å²) in [6, 6.07) is 4.62. The second-order valence-corrected chi connectivity index (χ2v) is 2.90. The van der Waals surface area contributed by atoms with Crippen molar-refractivity contribution in [2.75, 3.05) is 7.11 Å². The molecule has 0 amide bonds. The molecule has 0 radical (unpaired) electrons. The Morgan fingerprint density at radius 2 is 2.00 bits per heavy atom. The van der Waals surface area contributed by atoms with E-state index in [4.69, 9.17) is 10.8 Å². The number of hydrogen-bond donors (Lipinski definition) is 2. The molecule has 3 N–H and O–H groups in total. The van der Waals surface area contributed by atoms with E-state index >= 15 is 0 Å². The molecule has 0 aliphatic carbocycles. The smallest absolute Gasteiger partial charge is 0.124 e. The normalized spacial score (nSPS) is 8.75. The molecule has 0 bridgehead atoms. The van der Waals surface area contributed by atoms with Crippen LogP contribution in [-0.4, -0.2) is 12.2 Å². The zero-order valence-corrected chi connectivity index (χ0v) is 8.31. The number of benzene rings is 1. The van der Waals surface area contributed by atoms with Crippen molar-refractivity contribution in [3.63, 3.8) is 0 Å². The molecule has 0 saturated heterocycles. The zero-order valence-electron chi connectivity index (χ0n) is 6.72. The second kappa shape index (κ2) is 6.11. The van der Waals surface area contributed by atoms with Crippen molar-refractivity contribution >= 4 is 15.9 Å². The van der Waals surface area contributed by atoms with Crippen LogP contribution >= 0.6 is 15.9 Å². The first kappa shape index (κ1) is 11.6. The quantitative estimate of drug-likeness (QED) is 0.778. The van der Waals surface area contributed by atoms with Crippen LogP contribution in [0, 0.1) is 5.82 Å². The van der Waals surface area contributed by atoms with Crippen molar-refractivity contribution in [3.05, 3.63) is 34.1 Å². The third-order valence-electron chi connectivity index (χ3n) is 1.16. The van der Waals surface area contributed by atoms with E-state index in [1.54, 1.807) is 6.07 Å². The third-order valence-corrected chi connectivity index (χ3v) is 1.62. The molecule has 1 aromatic carbocycles. The van der Waals surface area contributed by atoms with Gasteiger partial charge in [0.25, 0.3) is 0 Å². The van der Waals surface area contributed by atoms with Crippen LogP contribution in [0.1, 0.15) is 5.56 Å². The third kappa shape index (κ3) is 3.80. The predicted molar refractivity (Wildman–Crippen MR) is 50.1 cm³/mol. The van der Waals surface area contributed by atoms with Crippen LogP contribution in [0.15, 0.2) is 22.7 Å². The van der Waals surface area contributed by atoms with E-state index in [1.807, 2.05) is 0 Å². The maximum absolute atomic E-state index is 12.5. The Kier molecular flexibility index (Phi) is 5.88. The van der Waals surface area contributed by atoms with Crippen molar-refractivity contribution in [2.24, 2.45) is 5.73 Å². The van der Waals surface area contributed by atoms with E-state index in [2.05, 4.69) is 15.9 Å². The van der Waals surface area contributed by atoms with Crippen LogP contribution in [0.4, 0.5) is 4.39 Å². The number of hydrogen-bond acceptors (Lipinski definition) is 2. The number of aliphatic hydroxyl groups is 1. The van der Waals surface area contributed by atoms with Gasteiger partial charge in [0.15, 0.2) is 0 Å². The lowest BCUT2D eigenvalue weighted by molar-refractivity contribution is 0.399. The minimum absolute atomic E-state index is 0.255. The molecule has 0 aliphatic heterocycles. The van der Waals surface area contributed by atoms with Crippen molar-refractivity contribution in [2.45, 2.75) is 6.54 Å². The van der Waals surface area contributed by atoms with Gasteiger partial charge in [-0.2, -0.15) is 0 Å². The maximum Gasteiger partial charge on any atom is 0.124 e. The van der Waals surface area contributed by atoms with Crippen molar-refractivity contribution < 1.29 is 9.50 Å². The topological polar surface area (TPSA) is 46.2 Å². The predicted octanol–water partition coefficient (Wildman–Crippen LogP) is 1.66. The first-order chi connectivity index (χ1) is 5.72.